The van der Waals surface area contributed by atoms with E-state index < -0.39 is 30.9 Å². The van der Waals surface area contributed by atoms with Crippen LogP contribution >= 0.6 is 0 Å². The molecule has 8 nitrogen and oxygen atoms in total. The fourth-order valence-electron chi connectivity index (χ4n) is 3.26. The van der Waals surface area contributed by atoms with Gasteiger partial charge in [0.15, 0.2) is 0 Å². The molecule has 3 aliphatic heterocycles. The molecular formula is C14H17F3N4O4S. The SMILES string of the molecule is O=[N+]([O-])c1cc(S(=O)(=O)C(F)(F)F)ccc1NCC1CN2CCN1CC2. The first-order valence-electron chi connectivity index (χ1n) is 7.89. The van der Waals surface area contributed by atoms with Gasteiger partial charge in [0, 0.05) is 51.4 Å². The van der Waals surface area contributed by atoms with Gasteiger partial charge in [0.1, 0.15) is 5.69 Å². The Kier molecular flexibility index (Phi) is 4.84. The average molecular weight is 394 g/mol. The zero-order valence-corrected chi connectivity index (χ0v) is 14.4. The number of piperazine rings is 3. The monoisotopic (exact) mass is 394 g/mol. The van der Waals surface area contributed by atoms with Crippen LogP contribution in [0, 0.1) is 10.1 Å². The Morgan fingerprint density at radius 2 is 1.88 bits per heavy atom. The van der Waals surface area contributed by atoms with E-state index in [1.165, 1.54) is 0 Å². The first-order valence-corrected chi connectivity index (χ1v) is 9.38. The molecule has 0 spiro atoms. The largest absolute Gasteiger partial charge is 0.501 e. The fourth-order valence-corrected chi connectivity index (χ4v) is 4.04. The van der Waals surface area contributed by atoms with E-state index in [0.717, 1.165) is 44.9 Å². The molecular weight excluding hydrogens is 377 g/mol. The number of nitrogens with one attached hydrogen (secondary N) is 1. The summed E-state index contributed by atoms with van der Waals surface area (Å²) in [5.41, 5.74) is -6.22. The second-order valence-corrected chi connectivity index (χ2v) is 8.20. The van der Waals surface area contributed by atoms with E-state index in [1.54, 1.807) is 0 Å². The van der Waals surface area contributed by atoms with E-state index in [9.17, 15) is 31.7 Å². The molecule has 4 rings (SSSR count). The lowest BCUT2D eigenvalue weighted by Gasteiger charge is -2.47. The summed E-state index contributed by atoms with van der Waals surface area (Å²) in [6.07, 6.45) is 0. The maximum absolute atomic E-state index is 12.6. The molecule has 3 aliphatic rings. The molecule has 26 heavy (non-hydrogen) atoms. The highest BCUT2D eigenvalue weighted by molar-refractivity contribution is 7.92. The number of benzene rings is 1. The van der Waals surface area contributed by atoms with Crippen molar-refractivity contribution in [3.63, 3.8) is 0 Å². The molecule has 2 bridgehead atoms. The van der Waals surface area contributed by atoms with Crippen molar-refractivity contribution in [1.29, 1.82) is 0 Å². The predicted molar refractivity (Wildman–Crippen MR) is 86.6 cm³/mol. The van der Waals surface area contributed by atoms with Crippen molar-refractivity contribution in [3.05, 3.63) is 28.3 Å². The number of fused-ring (bicyclic) bond motifs is 3. The van der Waals surface area contributed by atoms with Crippen molar-refractivity contribution in [1.82, 2.24) is 9.80 Å². The Balaban J connectivity index is 1.81. The predicted octanol–water partition coefficient (Wildman–Crippen LogP) is 1.30. The minimum atomic E-state index is -5.64. The molecule has 1 aromatic rings. The second-order valence-electron chi connectivity index (χ2n) is 6.26. The number of nitro benzene ring substituents is 1. The lowest BCUT2D eigenvalue weighted by Crippen LogP contribution is -2.62. The third-order valence-corrected chi connectivity index (χ3v) is 6.19. The molecule has 3 fully saturated rings. The number of hydrogen-bond donors (Lipinski definition) is 1. The second kappa shape index (κ2) is 6.67. The number of rotatable bonds is 5. The van der Waals surface area contributed by atoms with Gasteiger partial charge >= 0.3 is 5.51 Å². The molecule has 1 N–H and O–H groups in total. The normalized spacial score (nSPS) is 25.9. The number of anilines is 1. The molecule has 0 saturated carbocycles. The first-order chi connectivity index (χ1) is 12.1. The summed E-state index contributed by atoms with van der Waals surface area (Å²) >= 11 is 0. The van der Waals surface area contributed by atoms with Crippen LogP contribution in [0.25, 0.3) is 0 Å². The highest BCUT2D eigenvalue weighted by Crippen LogP contribution is 2.34. The smallest absolute Gasteiger partial charge is 0.378 e. The summed E-state index contributed by atoms with van der Waals surface area (Å²) in [4.78, 5) is 13.7. The summed E-state index contributed by atoms with van der Waals surface area (Å²) < 4.78 is 60.8. The molecule has 12 heteroatoms. The van der Waals surface area contributed by atoms with Crippen molar-refractivity contribution in [2.24, 2.45) is 0 Å². The third-order valence-electron chi connectivity index (χ3n) is 4.70. The molecule has 0 radical (unpaired) electrons. The van der Waals surface area contributed by atoms with Gasteiger partial charge in [-0.05, 0) is 12.1 Å². The van der Waals surface area contributed by atoms with E-state index in [1.807, 2.05) is 0 Å². The van der Waals surface area contributed by atoms with Gasteiger partial charge in [0.05, 0.1) is 9.82 Å². The molecule has 3 heterocycles. The summed E-state index contributed by atoms with van der Waals surface area (Å²) in [5, 5.41) is 14.1. The fraction of sp³-hybridized carbons (Fsp3) is 0.571. The summed E-state index contributed by atoms with van der Waals surface area (Å²) in [6.45, 7) is 4.93. The van der Waals surface area contributed by atoms with Crippen LogP contribution in [0.4, 0.5) is 24.5 Å². The first kappa shape index (κ1) is 18.9. The van der Waals surface area contributed by atoms with Crippen molar-refractivity contribution < 1.29 is 26.5 Å². The molecule has 0 aromatic heterocycles. The van der Waals surface area contributed by atoms with Gasteiger partial charge < -0.3 is 5.32 Å². The van der Waals surface area contributed by atoms with Gasteiger partial charge in [-0.15, -0.1) is 0 Å². The number of hydrogen-bond acceptors (Lipinski definition) is 7. The van der Waals surface area contributed by atoms with Crippen LogP contribution in [0.2, 0.25) is 0 Å². The van der Waals surface area contributed by atoms with Crippen LogP contribution in [0.15, 0.2) is 23.1 Å². The highest BCUT2D eigenvalue weighted by atomic mass is 32.2. The van der Waals surface area contributed by atoms with Crippen molar-refractivity contribution in [2.75, 3.05) is 44.6 Å². The molecule has 0 amide bonds. The highest BCUT2D eigenvalue weighted by Gasteiger charge is 2.47. The van der Waals surface area contributed by atoms with E-state index in [-0.39, 0.29) is 11.7 Å². The molecule has 1 atom stereocenters. The van der Waals surface area contributed by atoms with Crippen LogP contribution in [0.5, 0.6) is 0 Å². The lowest BCUT2D eigenvalue weighted by atomic mass is 10.1. The Morgan fingerprint density at radius 1 is 1.23 bits per heavy atom. The summed E-state index contributed by atoms with van der Waals surface area (Å²) in [5.74, 6) is 0. The maximum atomic E-state index is 12.6. The number of nitrogens with zero attached hydrogens (tertiary/aromatic N) is 3. The van der Waals surface area contributed by atoms with Gasteiger partial charge in [-0.25, -0.2) is 8.42 Å². The van der Waals surface area contributed by atoms with Crippen LogP contribution in [0.1, 0.15) is 0 Å². The van der Waals surface area contributed by atoms with Gasteiger partial charge in [-0.1, -0.05) is 0 Å². The van der Waals surface area contributed by atoms with E-state index >= 15 is 0 Å². The van der Waals surface area contributed by atoms with Gasteiger partial charge in [0.2, 0.25) is 0 Å². The number of nitro groups is 1. The van der Waals surface area contributed by atoms with E-state index in [0.29, 0.717) is 12.6 Å². The minimum Gasteiger partial charge on any atom is -0.378 e. The standard InChI is InChI=1S/C14H17F3N4O4S/c15-14(16,17)26(24,25)11-1-2-12(13(7-11)21(22)23)18-8-10-9-19-3-5-20(10)6-4-19/h1-2,7,10,18H,3-6,8-9H2. The molecule has 0 aliphatic carbocycles. The number of sulfone groups is 1. The average Bonchev–Trinajstić information content (AvgIpc) is 2.59. The molecule has 1 unspecified atom stereocenters. The van der Waals surface area contributed by atoms with Crippen molar-refractivity contribution in [2.45, 2.75) is 16.4 Å². The topological polar surface area (TPSA) is 95.8 Å². The van der Waals surface area contributed by atoms with E-state index in [4.69, 9.17) is 0 Å². The van der Waals surface area contributed by atoms with Crippen LogP contribution in [-0.4, -0.2) is 74.0 Å². The number of alkyl halides is 3. The zero-order valence-electron chi connectivity index (χ0n) is 13.6. The Labute approximate surface area is 147 Å². The third kappa shape index (κ3) is 3.48. The van der Waals surface area contributed by atoms with E-state index in [2.05, 4.69) is 15.1 Å². The summed E-state index contributed by atoms with van der Waals surface area (Å²) in [6, 6.07) is 2.32. The molecule has 3 saturated heterocycles. The lowest BCUT2D eigenvalue weighted by molar-refractivity contribution is -0.384. The minimum absolute atomic E-state index is 0.00577. The van der Waals surface area contributed by atoms with Crippen molar-refractivity contribution in [3.8, 4) is 0 Å². The Hall–Kier alpha value is -1.92. The van der Waals surface area contributed by atoms with Gasteiger partial charge in [-0.2, -0.15) is 13.2 Å². The van der Waals surface area contributed by atoms with Crippen LogP contribution < -0.4 is 5.32 Å². The molecule has 1 aromatic carbocycles. The van der Waals surface area contributed by atoms with Crippen LogP contribution in [-0.2, 0) is 9.84 Å². The Morgan fingerprint density at radius 3 is 2.38 bits per heavy atom. The molecule has 144 valence electrons. The van der Waals surface area contributed by atoms with Crippen molar-refractivity contribution >= 4 is 21.2 Å². The van der Waals surface area contributed by atoms with Gasteiger partial charge in [0.25, 0.3) is 15.5 Å². The number of halogens is 3. The summed E-state index contributed by atoms with van der Waals surface area (Å²) in [7, 11) is -5.64. The quantitative estimate of drug-likeness (QED) is 0.594. The Bertz CT molecular complexity index is 807. The maximum Gasteiger partial charge on any atom is 0.501 e. The van der Waals surface area contributed by atoms with Gasteiger partial charge in [-0.3, -0.25) is 19.9 Å². The zero-order chi connectivity index (χ0) is 19.1. The van der Waals surface area contributed by atoms with Crippen LogP contribution in [0.3, 0.4) is 0 Å².